The lowest BCUT2D eigenvalue weighted by atomic mass is 10.2. The summed E-state index contributed by atoms with van der Waals surface area (Å²) in [6.45, 7) is 2.09. The van der Waals surface area contributed by atoms with Crippen LogP contribution in [0.5, 0.6) is 0 Å². The van der Waals surface area contributed by atoms with Gasteiger partial charge < -0.3 is 5.32 Å². The summed E-state index contributed by atoms with van der Waals surface area (Å²) >= 11 is 5.14. The van der Waals surface area contributed by atoms with Crippen molar-refractivity contribution >= 4 is 27.3 Å². The summed E-state index contributed by atoms with van der Waals surface area (Å²) in [5, 5.41) is 13.7. The molecular formula is C12H14BrN3S. The number of hydrogen-bond acceptors (Lipinski definition) is 4. The zero-order valence-corrected chi connectivity index (χ0v) is 12.2. The third-order valence-electron chi connectivity index (χ3n) is 2.53. The summed E-state index contributed by atoms with van der Waals surface area (Å²) in [6.07, 6.45) is 0.841. The lowest BCUT2D eigenvalue weighted by molar-refractivity contribution is 0.639. The zero-order chi connectivity index (χ0) is 12.3. The van der Waals surface area contributed by atoms with Gasteiger partial charge in [-0.3, -0.25) is 0 Å². The third kappa shape index (κ3) is 3.34. The van der Waals surface area contributed by atoms with Crippen molar-refractivity contribution in [1.29, 1.82) is 0 Å². The standard InChI is InChI=1S/C12H14BrN3S/c1-8(14-2)12-16-15-11(17-12)7-9-4-3-5-10(13)6-9/h3-6,8,14H,7H2,1-2H3. The molecule has 1 atom stereocenters. The van der Waals surface area contributed by atoms with E-state index in [1.54, 1.807) is 11.3 Å². The first-order valence-corrected chi connectivity index (χ1v) is 7.04. The molecule has 0 aliphatic heterocycles. The van der Waals surface area contributed by atoms with Crippen molar-refractivity contribution in [3.05, 3.63) is 44.3 Å². The highest BCUT2D eigenvalue weighted by Crippen LogP contribution is 2.21. The van der Waals surface area contributed by atoms with Crippen LogP contribution in [0.1, 0.15) is 28.5 Å². The van der Waals surface area contributed by atoms with Crippen LogP contribution in [-0.2, 0) is 6.42 Å². The van der Waals surface area contributed by atoms with E-state index in [1.165, 1.54) is 5.56 Å². The van der Waals surface area contributed by atoms with Gasteiger partial charge in [-0.1, -0.05) is 39.4 Å². The summed E-state index contributed by atoms with van der Waals surface area (Å²) in [4.78, 5) is 0. The Morgan fingerprint density at radius 1 is 1.41 bits per heavy atom. The molecule has 0 fully saturated rings. The Balaban J connectivity index is 2.11. The average Bonchev–Trinajstić information content (AvgIpc) is 2.76. The van der Waals surface area contributed by atoms with Crippen molar-refractivity contribution in [2.45, 2.75) is 19.4 Å². The normalized spacial score (nSPS) is 12.6. The van der Waals surface area contributed by atoms with Gasteiger partial charge in [0.25, 0.3) is 0 Å². The van der Waals surface area contributed by atoms with Crippen LogP contribution in [0, 0.1) is 0 Å². The molecule has 1 aromatic carbocycles. The number of hydrogen-bond donors (Lipinski definition) is 1. The van der Waals surface area contributed by atoms with E-state index < -0.39 is 0 Å². The number of aromatic nitrogens is 2. The average molecular weight is 312 g/mol. The van der Waals surface area contributed by atoms with Gasteiger partial charge >= 0.3 is 0 Å². The van der Waals surface area contributed by atoms with Crippen LogP contribution in [0.4, 0.5) is 0 Å². The molecule has 0 saturated heterocycles. The van der Waals surface area contributed by atoms with E-state index >= 15 is 0 Å². The SMILES string of the molecule is CNC(C)c1nnc(Cc2cccc(Br)c2)s1. The van der Waals surface area contributed by atoms with Crippen molar-refractivity contribution in [3.8, 4) is 0 Å². The molecular weight excluding hydrogens is 298 g/mol. The highest BCUT2D eigenvalue weighted by Gasteiger charge is 2.10. The molecule has 1 unspecified atom stereocenters. The minimum absolute atomic E-state index is 0.267. The molecule has 0 spiro atoms. The summed E-state index contributed by atoms with van der Waals surface area (Å²) in [5.74, 6) is 0. The molecule has 17 heavy (non-hydrogen) atoms. The molecule has 0 amide bonds. The maximum Gasteiger partial charge on any atom is 0.134 e. The summed E-state index contributed by atoms with van der Waals surface area (Å²) < 4.78 is 1.10. The van der Waals surface area contributed by atoms with Gasteiger partial charge in [0.1, 0.15) is 10.0 Å². The first-order valence-electron chi connectivity index (χ1n) is 5.43. The lowest BCUT2D eigenvalue weighted by Crippen LogP contribution is -2.11. The van der Waals surface area contributed by atoms with E-state index in [9.17, 15) is 0 Å². The number of benzene rings is 1. The van der Waals surface area contributed by atoms with Gasteiger partial charge in [-0.15, -0.1) is 10.2 Å². The topological polar surface area (TPSA) is 37.8 Å². The second-order valence-corrected chi connectivity index (χ2v) is 5.86. The Labute approximate surface area is 113 Å². The fourth-order valence-corrected chi connectivity index (χ4v) is 2.84. The zero-order valence-electron chi connectivity index (χ0n) is 9.77. The summed E-state index contributed by atoms with van der Waals surface area (Å²) in [7, 11) is 1.93. The maximum atomic E-state index is 4.22. The van der Waals surface area contributed by atoms with Gasteiger partial charge in [0.05, 0.1) is 6.04 Å². The molecule has 0 radical (unpaired) electrons. The highest BCUT2D eigenvalue weighted by molar-refractivity contribution is 9.10. The van der Waals surface area contributed by atoms with Crippen LogP contribution in [0.3, 0.4) is 0 Å². The van der Waals surface area contributed by atoms with Crippen LogP contribution in [0.2, 0.25) is 0 Å². The molecule has 0 bridgehead atoms. The van der Waals surface area contributed by atoms with E-state index in [2.05, 4.69) is 50.5 Å². The number of rotatable bonds is 4. The van der Waals surface area contributed by atoms with Crippen molar-refractivity contribution in [2.75, 3.05) is 7.05 Å². The number of halogens is 1. The molecule has 0 aliphatic rings. The molecule has 0 saturated carbocycles. The third-order valence-corrected chi connectivity index (χ3v) is 4.13. The van der Waals surface area contributed by atoms with Crippen molar-refractivity contribution in [2.24, 2.45) is 0 Å². The monoisotopic (exact) mass is 311 g/mol. The van der Waals surface area contributed by atoms with E-state index in [0.717, 1.165) is 20.9 Å². The van der Waals surface area contributed by atoms with E-state index in [0.29, 0.717) is 0 Å². The van der Waals surface area contributed by atoms with Gasteiger partial charge in [0.15, 0.2) is 0 Å². The van der Waals surface area contributed by atoms with Gasteiger partial charge in [-0.2, -0.15) is 0 Å². The first-order chi connectivity index (χ1) is 8.19. The lowest BCUT2D eigenvalue weighted by Gasteiger charge is -2.03. The van der Waals surface area contributed by atoms with Gasteiger partial charge in [0, 0.05) is 10.9 Å². The second-order valence-electron chi connectivity index (χ2n) is 3.85. The Bertz CT molecular complexity index is 498. The summed E-state index contributed by atoms with van der Waals surface area (Å²) in [6, 6.07) is 8.55. The predicted molar refractivity (Wildman–Crippen MR) is 74.3 cm³/mol. The second kappa shape index (κ2) is 5.71. The molecule has 3 nitrogen and oxygen atoms in total. The molecule has 1 aromatic heterocycles. The molecule has 1 N–H and O–H groups in total. The van der Waals surface area contributed by atoms with Crippen LogP contribution >= 0.6 is 27.3 Å². The predicted octanol–water partition coefficient (Wildman–Crippen LogP) is 3.17. The minimum atomic E-state index is 0.267. The Morgan fingerprint density at radius 2 is 2.24 bits per heavy atom. The quantitative estimate of drug-likeness (QED) is 0.942. The smallest absolute Gasteiger partial charge is 0.134 e. The fourth-order valence-electron chi connectivity index (χ4n) is 1.46. The number of nitrogens with one attached hydrogen (secondary N) is 1. The molecule has 90 valence electrons. The fraction of sp³-hybridized carbons (Fsp3) is 0.333. The summed E-state index contributed by atoms with van der Waals surface area (Å²) in [5.41, 5.74) is 1.25. The number of nitrogens with zero attached hydrogens (tertiary/aromatic N) is 2. The van der Waals surface area contributed by atoms with Crippen LogP contribution in [0.15, 0.2) is 28.7 Å². The van der Waals surface area contributed by atoms with Crippen LogP contribution in [-0.4, -0.2) is 17.2 Å². The van der Waals surface area contributed by atoms with Gasteiger partial charge in [-0.25, -0.2) is 0 Å². The molecule has 2 aromatic rings. The largest absolute Gasteiger partial charge is 0.311 e. The molecule has 5 heteroatoms. The van der Waals surface area contributed by atoms with Crippen LogP contribution in [0.25, 0.3) is 0 Å². The van der Waals surface area contributed by atoms with E-state index in [4.69, 9.17) is 0 Å². The Kier molecular flexibility index (Phi) is 4.25. The van der Waals surface area contributed by atoms with E-state index in [1.807, 2.05) is 19.2 Å². The van der Waals surface area contributed by atoms with Crippen molar-refractivity contribution < 1.29 is 0 Å². The Hall–Kier alpha value is -0.780. The molecule has 0 aliphatic carbocycles. The van der Waals surface area contributed by atoms with Crippen molar-refractivity contribution in [3.63, 3.8) is 0 Å². The van der Waals surface area contributed by atoms with Gasteiger partial charge in [-0.05, 0) is 31.7 Å². The maximum absolute atomic E-state index is 4.22. The highest BCUT2D eigenvalue weighted by atomic mass is 79.9. The van der Waals surface area contributed by atoms with Crippen molar-refractivity contribution in [1.82, 2.24) is 15.5 Å². The molecule has 1 heterocycles. The minimum Gasteiger partial charge on any atom is -0.311 e. The van der Waals surface area contributed by atoms with Gasteiger partial charge in [0.2, 0.25) is 0 Å². The first kappa shape index (κ1) is 12.7. The van der Waals surface area contributed by atoms with E-state index in [-0.39, 0.29) is 6.04 Å². The molecule has 2 rings (SSSR count). The Morgan fingerprint density at radius 3 is 2.94 bits per heavy atom. The van der Waals surface area contributed by atoms with Crippen LogP contribution < -0.4 is 5.32 Å².